The Morgan fingerprint density at radius 2 is 1.86 bits per heavy atom. The molecule has 22 heavy (non-hydrogen) atoms. The predicted octanol–water partition coefficient (Wildman–Crippen LogP) is 2.73. The number of rotatable bonds is 2. The lowest BCUT2D eigenvalue weighted by molar-refractivity contribution is 0.354. The molecule has 2 aliphatic heterocycles. The monoisotopic (exact) mass is 289 g/mol. The van der Waals surface area contributed by atoms with Gasteiger partial charge < -0.3 is 4.98 Å². The number of nitrogens with zero attached hydrogens (tertiary/aromatic N) is 1. The first-order chi connectivity index (χ1) is 10.8. The van der Waals surface area contributed by atoms with E-state index in [-0.39, 0.29) is 11.6 Å². The minimum absolute atomic E-state index is 0.0505. The average molecular weight is 289 g/mol. The molecule has 1 unspecified atom stereocenters. The summed E-state index contributed by atoms with van der Waals surface area (Å²) in [6.07, 6.45) is 9.87. The van der Waals surface area contributed by atoms with Crippen LogP contribution in [0, 0.1) is 0 Å². The van der Waals surface area contributed by atoms with Crippen molar-refractivity contribution in [1.82, 2.24) is 15.4 Å². The molecule has 0 fully saturated rings. The number of hydrazine groups is 1. The molecule has 1 atom stereocenters. The molecule has 1 aromatic carbocycles. The lowest BCUT2D eigenvalue weighted by Gasteiger charge is -2.19. The first-order valence-corrected chi connectivity index (χ1v) is 7.21. The van der Waals surface area contributed by atoms with Crippen LogP contribution < -0.4 is 11.0 Å². The third kappa shape index (κ3) is 2.10. The topological polar surface area (TPSA) is 48.1 Å². The van der Waals surface area contributed by atoms with Gasteiger partial charge in [-0.1, -0.05) is 36.4 Å². The molecule has 2 aliphatic rings. The number of aromatic nitrogens is 1. The van der Waals surface area contributed by atoms with Gasteiger partial charge in [-0.3, -0.25) is 9.80 Å². The maximum absolute atomic E-state index is 11.3. The highest BCUT2D eigenvalue weighted by atomic mass is 16.1. The highest BCUT2D eigenvalue weighted by Gasteiger charge is 2.31. The van der Waals surface area contributed by atoms with E-state index in [0.717, 1.165) is 16.8 Å². The number of hydrogen-bond donors (Lipinski definition) is 2. The Morgan fingerprint density at radius 1 is 1.00 bits per heavy atom. The van der Waals surface area contributed by atoms with Crippen LogP contribution in [-0.4, -0.2) is 9.99 Å². The van der Waals surface area contributed by atoms with Crippen molar-refractivity contribution in [2.75, 3.05) is 0 Å². The molecule has 2 aromatic rings. The zero-order chi connectivity index (χ0) is 14.9. The number of fused-ring (bicyclic) bond motifs is 1. The quantitative estimate of drug-likeness (QED) is 0.893. The Bertz CT molecular complexity index is 826. The van der Waals surface area contributed by atoms with Gasteiger partial charge in [-0.05, 0) is 29.3 Å². The van der Waals surface area contributed by atoms with E-state index in [1.807, 2.05) is 47.6 Å². The van der Waals surface area contributed by atoms with E-state index >= 15 is 0 Å². The van der Waals surface area contributed by atoms with Crippen molar-refractivity contribution in [2.24, 2.45) is 0 Å². The average Bonchev–Trinajstić information content (AvgIpc) is 2.96. The summed E-state index contributed by atoms with van der Waals surface area (Å²) in [5.74, 6) is 0. The van der Waals surface area contributed by atoms with Gasteiger partial charge in [-0.15, -0.1) is 0 Å². The lowest BCUT2D eigenvalue weighted by atomic mass is 9.93. The SMILES string of the molecule is O=c1ccc(C2=C3C=CC=CN3NC2c2ccccc2)c[nH]1. The Labute approximate surface area is 128 Å². The molecule has 4 rings (SSSR count). The summed E-state index contributed by atoms with van der Waals surface area (Å²) >= 11 is 0. The summed E-state index contributed by atoms with van der Waals surface area (Å²) in [4.78, 5) is 14.1. The maximum atomic E-state index is 11.3. The van der Waals surface area contributed by atoms with E-state index in [1.165, 1.54) is 5.56 Å². The third-order valence-corrected chi connectivity index (χ3v) is 3.92. The maximum Gasteiger partial charge on any atom is 0.247 e. The number of H-pyrrole nitrogens is 1. The smallest absolute Gasteiger partial charge is 0.247 e. The fourth-order valence-electron chi connectivity index (χ4n) is 2.91. The summed E-state index contributed by atoms with van der Waals surface area (Å²) < 4.78 is 0. The van der Waals surface area contributed by atoms with Crippen LogP contribution in [0.1, 0.15) is 17.2 Å². The second kappa shape index (κ2) is 5.16. The second-order valence-electron chi connectivity index (χ2n) is 5.28. The summed E-state index contributed by atoms with van der Waals surface area (Å²) in [5, 5.41) is 2.03. The molecule has 1 aromatic heterocycles. The van der Waals surface area contributed by atoms with Crippen molar-refractivity contribution in [1.29, 1.82) is 0 Å². The number of benzene rings is 1. The molecule has 0 aliphatic carbocycles. The second-order valence-corrected chi connectivity index (χ2v) is 5.28. The van der Waals surface area contributed by atoms with Gasteiger partial charge in [0.05, 0.1) is 11.7 Å². The van der Waals surface area contributed by atoms with Gasteiger partial charge in [0.15, 0.2) is 0 Å². The van der Waals surface area contributed by atoms with Crippen LogP contribution >= 0.6 is 0 Å². The Hall–Kier alpha value is -2.85. The van der Waals surface area contributed by atoms with E-state index in [4.69, 9.17) is 0 Å². The van der Waals surface area contributed by atoms with Gasteiger partial charge in [-0.25, -0.2) is 5.43 Å². The molecule has 108 valence electrons. The summed E-state index contributed by atoms with van der Waals surface area (Å²) in [5.41, 5.74) is 7.87. The fourth-order valence-corrected chi connectivity index (χ4v) is 2.91. The van der Waals surface area contributed by atoms with Crippen molar-refractivity contribution in [2.45, 2.75) is 6.04 Å². The molecule has 0 bridgehead atoms. The van der Waals surface area contributed by atoms with Gasteiger partial charge >= 0.3 is 0 Å². The number of pyridine rings is 1. The fraction of sp³-hybridized carbons (Fsp3) is 0.0556. The Kier molecular flexibility index (Phi) is 3.02. The van der Waals surface area contributed by atoms with Crippen molar-refractivity contribution >= 4 is 5.57 Å². The predicted molar refractivity (Wildman–Crippen MR) is 86.4 cm³/mol. The third-order valence-electron chi connectivity index (χ3n) is 3.92. The van der Waals surface area contributed by atoms with Crippen LogP contribution in [-0.2, 0) is 0 Å². The lowest BCUT2D eigenvalue weighted by Crippen LogP contribution is -2.29. The van der Waals surface area contributed by atoms with Crippen LogP contribution in [0.3, 0.4) is 0 Å². The number of hydrogen-bond acceptors (Lipinski definition) is 3. The molecule has 0 saturated carbocycles. The van der Waals surface area contributed by atoms with Crippen molar-refractivity contribution in [3.8, 4) is 0 Å². The number of aromatic amines is 1. The molecular formula is C18H15N3O. The standard InChI is InChI=1S/C18H15N3O/c22-16-10-9-14(12-19-16)17-15-8-4-5-11-21(15)20-18(17)13-6-2-1-3-7-13/h1-12,18,20H,(H,19,22). The van der Waals surface area contributed by atoms with Gasteiger partial charge in [0.1, 0.15) is 0 Å². The number of nitrogens with one attached hydrogen (secondary N) is 2. The van der Waals surface area contributed by atoms with Crippen LogP contribution in [0.5, 0.6) is 0 Å². The molecule has 3 heterocycles. The van der Waals surface area contributed by atoms with Crippen molar-refractivity contribution in [3.05, 3.63) is 100 Å². The van der Waals surface area contributed by atoms with Gasteiger partial charge in [0.25, 0.3) is 0 Å². The van der Waals surface area contributed by atoms with Crippen molar-refractivity contribution < 1.29 is 0 Å². The Balaban J connectivity index is 1.88. The normalized spacial score (nSPS) is 19.6. The van der Waals surface area contributed by atoms with Crippen molar-refractivity contribution in [3.63, 3.8) is 0 Å². The molecule has 4 heteroatoms. The van der Waals surface area contributed by atoms with E-state index < -0.39 is 0 Å². The summed E-state index contributed by atoms with van der Waals surface area (Å²) in [7, 11) is 0. The molecule has 0 spiro atoms. The van der Waals surface area contributed by atoms with Gasteiger partial charge in [0.2, 0.25) is 5.56 Å². The Morgan fingerprint density at radius 3 is 2.64 bits per heavy atom. The zero-order valence-corrected chi connectivity index (χ0v) is 11.9. The molecular weight excluding hydrogens is 274 g/mol. The minimum atomic E-state index is -0.0903. The highest BCUT2D eigenvalue weighted by Crippen LogP contribution is 2.39. The van der Waals surface area contributed by atoms with Crippen LogP contribution in [0.2, 0.25) is 0 Å². The van der Waals surface area contributed by atoms with E-state index in [1.54, 1.807) is 12.3 Å². The van der Waals surface area contributed by atoms with E-state index in [2.05, 4.69) is 28.6 Å². The van der Waals surface area contributed by atoms with Crippen LogP contribution in [0.25, 0.3) is 5.57 Å². The largest absolute Gasteiger partial charge is 0.329 e. The van der Waals surface area contributed by atoms with Crippen LogP contribution in [0.4, 0.5) is 0 Å². The van der Waals surface area contributed by atoms with Crippen LogP contribution in [0.15, 0.2) is 83.6 Å². The highest BCUT2D eigenvalue weighted by molar-refractivity contribution is 5.77. The minimum Gasteiger partial charge on any atom is -0.329 e. The molecule has 4 nitrogen and oxygen atoms in total. The molecule has 2 N–H and O–H groups in total. The molecule has 0 radical (unpaired) electrons. The van der Waals surface area contributed by atoms with E-state index in [0.29, 0.717) is 0 Å². The summed E-state index contributed by atoms with van der Waals surface area (Å²) in [6.45, 7) is 0. The van der Waals surface area contributed by atoms with Gasteiger partial charge in [0, 0.05) is 24.0 Å². The van der Waals surface area contributed by atoms with Gasteiger partial charge in [-0.2, -0.15) is 0 Å². The molecule has 0 saturated heterocycles. The first kappa shape index (κ1) is 12.9. The molecule has 0 amide bonds. The first-order valence-electron chi connectivity index (χ1n) is 7.21. The number of allylic oxidation sites excluding steroid dienone is 3. The van der Waals surface area contributed by atoms with E-state index in [9.17, 15) is 4.79 Å². The summed E-state index contributed by atoms with van der Waals surface area (Å²) in [6, 6.07) is 13.8. The zero-order valence-electron chi connectivity index (χ0n) is 11.9.